The van der Waals surface area contributed by atoms with Crippen molar-refractivity contribution in [2.45, 2.75) is 19.0 Å². The number of methoxy groups -OCH3 is 1. The third-order valence-electron chi connectivity index (χ3n) is 6.24. The average Bonchev–Trinajstić information content (AvgIpc) is 2.80. The fraction of sp³-hybridized carbons (Fsp3) is 0.696. The molecule has 0 aliphatic carbocycles. The Kier molecular flexibility index (Phi) is 12.0. The van der Waals surface area contributed by atoms with Gasteiger partial charge in [-0.25, -0.2) is 0 Å². The van der Waals surface area contributed by atoms with Gasteiger partial charge in [0.2, 0.25) is 0 Å². The van der Waals surface area contributed by atoms with Crippen molar-refractivity contribution in [3.05, 3.63) is 29.8 Å². The zero-order valence-electron chi connectivity index (χ0n) is 20.0. The molecule has 2 fully saturated rings. The SMILES string of the molecule is CCNC(=NCC(c1ccc(OC)cc1)N1CCOCC1)NCC1CN(C)CCN1C.I. The summed E-state index contributed by atoms with van der Waals surface area (Å²) < 4.78 is 10.9. The van der Waals surface area contributed by atoms with Crippen LogP contribution < -0.4 is 15.4 Å². The van der Waals surface area contributed by atoms with Crippen LogP contribution in [-0.2, 0) is 4.74 Å². The lowest BCUT2D eigenvalue weighted by molar-refractivity contribution is 0.0179. The lowest BCUT2D eigenvalue weighted by Gasteiger charge is -2.38. The van der Waals surface area contributed by atoms with Crippen LogP contribution in [0.5, 0.6) is 5.75 Å². The van der Waals surface area contributed by atoms with Crippen molar-refractivity contribution in [1.29, 1.82) is 0 Å². The molecule has 32 heavy (non-hydrogen) atoms. The summed E-state index contributed by atoms with van der Waals surface area (Å²) in [4.78, 5) is 12.3. The van der Waals surface area contributed by atoms with Crippen LogP contribution in [0, 0.1) is 0 Å². The van der Waals surface area contributed by atoms with E-state index in [1.165, 1.54) is 5.56 Å². The molecule has 182 valence electrons. The second-order valence-electron chi connectivity index (χ2n) is 8.43. The van der Waals surface area contributed by atoms with E-state index in [1.54, 1.807) is 7.11 Å². The molecule has 2 aliphatic heterocycles. The van der Waals surface area contributed by atoms with Gasteiger partial charge in [0.1, 0.15) is 5.75 Å². The van der Waals surface area contributed by atoms with Gasteiger partial charge in [0, 0.05) is 51.9 Å². The maximum atomic E-state index is 5.58. The Balaban J connectivity index is 0.00000363. The van der Waals surface area contributed by atoms with E-state index < -0.39 is 0 Å². The third-order valence-corrected chi connectivity index (χ3v) is 6.24. The topological polar surface area (TPSA) is 64.6 Å². The summed E-state index contributed by atoms with van der Waals surface area (Å²) in [6.45, 7) is 11.2. The first-order valence-electron chi connectivity index (χ1n) is 11.5. The Morgan fingerprint density at radius 2 is 1.84 bits per heavy atom. The van der Waals surface area contributed by atoms with Crippen LogP contribution in [0.2, 0.25) is 0 Å². The van der Waals surface area contributed by atoms with E-state index in [9.17, 15) is 0 Å². The number of nitrogens with one attached hydrogen (secondary N) is 2. The highest BCUT2D eigenvalue weighted by Crippen LogP contribution is 2.24. The highest BCUT2D eigenvalue weighted by Gasteiger charge is 2.24. The number of rotatable bonds is 8. The Morgan fingerprint density at radius 3 is 2.50 bits per heavy atom. The maximum absolute atomic E-state index is 5.58. The summed E-state index contributed by atoms with van der Waals surface area (Å²) in [5, 5.41) is 7.00. The summed E-state index contributed by atoms with van der Waals surface area (Å²) in [6.07, 6.45) is 0. The number of piperazine rings is 1. The third kappa shape index (κ3) is 8.02. The van der Waals surface area contributed by atoms with Crippen LogP contribution in [0.4, 0.5) is 0 Å². The predicted octanol–water partition coefficient (Wildman–Crippen LogP) is 1.49. The first-order chi connectivity index (χ1) is 15.1. The molecule has 9 heteroatoms. The number of hydrogen-bond acceptors (Lipinski definition) is 6. The summed E-state index contributed by atoms with van der Waals surface area (Å²) >= 11 is 0. The second-order valence-corrected chi connectivity index (χ2v) is 8.43. The van der Waals surface area contributed by atoms with Crippen LogP contribution in [0.1, 0.15) is 18.5 Å². The molecule has 2 atom stereocenters. The number of nitrogens with zero attached hydrogens (tertiary/aromatic N) is 4. The summed E-state index contributed by atoms with van der Waals surface area (Å²) in [7, 11) is 6.11. The number of aliphatic imine (C=N–C) groups is 1. The molecule has 0 saturated carbocycles. The molecule has 3 rings (SSSR count). The molecule has 0 amide bonds. The van der Waals surface area contributed by atoms with Gasteiger partial charge in [-0.2, -0.15) is 0 Å². The van der Waals surface area contributed by atoms with Gasteiger partial charge in [0.05, 0.1) is 32.9 Å². The lowest BCUT2D eigenvalue weighted by Crippen LogP contribution is -2.55. The quantitative estimate of drug-likeness (QED) is 0.284. The smallest absolute Gasteiger partial charge is 0.191 e. The highest BCUT2D eigenvalue weighted by atomic mass is 127. The molecule has 0 radical (unpaired) electrons. The van der Waals surface area contributed by atoms with Gasteiger partial charge >= 0.3 is 0 Å². The Bertz CT molecular complexity index is 684. The van der Waals surface area contributed by atoms with Crippen molar-refractivity contribution in [3.8, 4) is 5.75 Å². The Hall–Kier alpha value is -1.14. The van der Waals surface area contributed by atoms with E-state index in [-0.39, 0.29) is 30.0 Å². The normalized spacial score (nSPS) is 22.1. The van der Waals surface area contributed by atoms with E-state index in [1.807, 2.05) is 12.1 Å². The highest BCUT2D eigenvalue weighted by molar-refractivity contribution is 14.0. The number of halogens is 1. The molecule has 1 aromatic carbocycles. The molecular formula is C23H41IN6O2. The molecular weight excluding hydrogens is 519 g/mol. The Labute approximate surface area is 210 Å². The zero-order valence-corrected chi connectivity index (χ0v) is 22.4. The van der Waals surface area contributed by atoms with Crippen molar-refractivity contribution in [1.82, 2.24) is 25.3 Å². The van der Waals surface area contributed by atoms with Gasteiger partial charge in [0.25, 0.3) is 0 Å². The average molecular weight is 561 g/mol. The minimum Gasteiger partial charge on any atom is -0.497 e. The molecule has 1 aromatic rings. The summed E-state index contributed by atoms with van der Waals surface area (Å²) in [5.41, 5.74) is 1.26. The number of hydrogen-bond donors (Lipinski definition) is 2. The van der Waals surface area contributed by atoms with E-state index in [4.69, 9.17) is 14.5 Å². The monoisotopic (exact) mass is 560 g/mol. The van der Waals surface area contributed by atoms with Crippen molar-refractivity contribution in [2.75, 3.05) is 86.8 Å². The van der Waals surface area contributed by atoms with Gasteiger partial charge in [-0.1, -0.05) is 12.1 Å². The number of benzene rings is 1. The van der Waals surface area contributed by atoms with Crippen molar-refractivity contribution >= 4 is 29.9 Å². The number of guanidine groups is 1. The molecule has 2 heterocycles. The fourth-order valence-corrected chi connectivity index (χ4v) is 4.20. The number of ether oxygens (including phenoxy) is 2. The molecule has 0 aromatic heterocycles. The first-order valence-corrected chi connectivity index (χ1v) is 11.5. The standard InChI is InChI=1S/C23H40N6O2.HI/c1-5-24-23(25-16-20-18-27(2)10-11-28(20)3)26-17-22(29-12-14-31-15-13-29)19-6-8-21(30-4)9-7-19;/h6-9,20,22H,5,10-18H2,1-4H3,(H2,24,25,26);1H. The Morgan fingerprint density at radius 1 is 1.12 bits per heavy atom. The van der Waals surface area contributed by atoms with Crippen LogP contribution >= 0.6 is 24.0 Å². The van der Waals surface area contributed by atoms with Gasteiger partial charge < -0.3 is 25.0 Å². The first kappa shape index (κ1) is 27.1. The minimum atomic E-state index is 0. The summed E-state index contributed by atoms with van der Waals surface area (Å²) in [6, 6.07) is 9.08. The second kappa shape index (κ2) is 14.2. The van der Waals surface area contributed by atoms with E-state index in [0.29, 0.717) is 12.6 Å². The molecule has 2 N–H and O–H groups in total. The molecule has 2 unspecified atom stereocenters. The molecule has 0 spiro atoms. The molecule has 0 bridgehead atoms. The number of likely N-dealkylation sites (N-methyl/N-ethyl adjacent to an activating group) is 2. The number of morpholine rings is 1. The lowest BCUT2D eigenvalue weighted by atomic mass is 10.0. The van der Waals surface area contributed by atoms with Crippen molar-refractivity contribution < 1.29 is 9.47 Å². The van der Waals surface area contributed by atoms with Crippen molar-refractivity contribution in [3.63, 3.8) is 0 Å². The molecule has 2 aliphatic rings. The van der Waals surface area contributed by atoms with Crippen LogP contribution in [0.3, 0.4) is 0 Å². The van der Waals surface area contributed by atoms with Crippen LogP contribution in [0.15, 0.2) is 29.3 Å². The van der Waals surface area contributed by atoms with Crippen LogP contribution in [0.25, 0.3) is 0 Å². The summed E-state index contributed by atoms with van der Waals surface area (Å²) in [5.74, 6) is 1.76. The predicted molar refractivity (Wildman–Crippen MR) is 141 cm³/mol. The van der Waals surface area contributed by atoms with Gasteiger partial charge in [-0.3, -0.25) is 14.8 Å². The largest absolute Gasteiger partial charge is 0.497 e. The fourth-order valence-electron chi connectivity index (χ4n) is 4.20. The van der Waals surface area contributed by atoms with E-state index >= 15 is 0 Å². The minimum absolute atomic E-state index is 0. The van der Waals surface area contributed by atoms with Gasteiger partial charge in [-0.05, 0) is 38.7 Å². The molecule has 8 nitrogen and oxygen atoms in total. The maximum Gasteiger partial charge on any atom is 0.191 e. The van der Waals surface area contributed by atoms with E-state index in [0.717, 1.165) is 70.7 Å². The van der Waals surface area contributed by atoms with Crippen LogP contribution in [-0.4, -0.2) is 113 Å². The van der Waals surface area contributed by atoms with Crippen molar-refractivity contribution in [2.24, 2.45) is 4.99 Å². The zero-order chi connectivity index (χ0) is 22.1. The molecule has 2 saturated heterocycles. The van der Waals surface area contributed by atoms with Gasteiger partial charge in [-0.15, -0.1) is 24.0 Å². The van der Waals surface area contributed by atoms with Gasteiger partial charge in [0.15, 0.2) is 5.96 Å². The van der Waals surface area contributed by atoms with E-state index in [2.05, 4.69) is 58.5 Å².